The van der Waals surface area contributed by atoms with Gasteiger partial charge in [0.05, 0.1) is 13.1 Å². The lowest BCUT2D eigenvalue weighted by molar-refractivity contribution is -0.938. The molecule has 0 N–H and O–H groups in total. The summed E-state index contributed by atoms with van der Waals surface area (Å²) in [5.41, 5.74) is 1.00. The van der Waals surface area contributed by atoms with Crippen LogP contribution in [0.2, 0.25) is 0 Å². The number of likely N-dealkylation sites (tertiary alicyclic amines) is 1. The normalized spacial score (nSPS) is 28.7. The molecule has 2 bridgehead atoms. The average molecular weight is 462 g/mol. The highest BCUT2D eigenvalue weighted by Gasteiger charge is 2.51. The van der Waals surface area contributed by atoms with Crippen LogP contribution in [0.3, 0.4) is 0 Å². The number of benzene rings is 2. The fraction of sp³-hybridized carbons (Fsp3) is 0.517. The molecule has 2 aromatic carbocycles. The van der Waals surface area contributed by atoms with Crippen LogP contribution in [0.15, 0.2) is 60.7 Å². The van der Waals surface area contributed by atoms with E-state index >= 15 is 0 Å². The van der Waals surface area contributed by atoms with Crippen molar-refractivity contribution in [2.24, 2.45) is 5.92 Å². The number of fused-ring (bicyclic) bond motifs is 3. The SMILES string of the molecule is C[C@@](C(=O)O[C@@H]1C[N+]2(CC(=O)c3ccccc3)CCC1CC2)(c1ccccc1)N1CCCCC1. The lowest BCUT2D eigenvalue weighted by atomic mass is 9.82. The van der Waals surface area contributed by atoms with Crippen LogP contribution >= 0.6 is 0 Å². The molecule has 0 aromatic heterocycles. The van der Waals surface area contributed by atoms with Gasteiger partial charge in [0.1, 0.15) is 18.6 Å². The second-order valence-electron chi connectivity index (χ2n) is 10.7. The number of hydrogen-bond acceptors (Lipinski definition) is 4. The Bertz CT molecular complexity index is 995. The predicted octanol–water partition coefficient (Wildman–Crippen LogP) is 4.42. The van der Waals surface area contributed by atoms with Crippen LogP contribution in [0.25, 0.3) is 0 Å². The van der Waals surface area contributed by atoms with Gasteiger partial charge in [0.25, 0.3) is 0 Å². The highest BCUT2D eigenvalue weighted by Crippen LogP contribution is 2.39. The fourth-order valence-electron chi connectivity index (χ4n) is 6.38. The van der Waals surface area contributed by atoms with Gasteiger partial charge in [-0.05, 0) is 38.4 Å². The van der Waals surface area contributed by atoms with Crippen LogP contribution in [-0.2, 0) is 15.1 Å². The average Bonchev–Trinajstić information content (AvgIpc) is 2.90. The molecule has 34 heavy (non-hydrogen) atoms. The van der Waals surface area contributed by atoms with Gasteiger partial charge in [0.2, 0.25) is 5.78 Å². The molecule has 180 valence electrons. The molecule has 5 heteroatoms. The van der Waals surface area contributed by atoms with E-state index in [1.54, 1.807) is 0 Å². The Morgan fingerprint density at radius 3 is 2.21 bits per heavy atom. The summed E-state index contributed by atoms with van der Waals surface area (Å²) in [6.45, 7) is 7.12. The van der Waals surface area contributed by atoms with Crippen molar-refractivity contribution in [1.82, 2.24) is 4.90 Å². The van der Waals surface area contributed by atoms with Crippen molar-refractivity contribution < 1.29 is 18.8 Å². The number of rotatable bonds is 7. The molecule has 4 aliphatic heterocycles. The van der Waals surface area contributed by atoms with Gasteiger partial charge in [-0.15, -0.1) is 0 Å². The minimum Gasteiger partial charge on any atom is -0.454 e. The number of esters is 1. The van der Waals surface area contributed by atoms with Crippen molar-refractivity contribution >= 4 is 11.8 Å². The Morgan fingerprint density at radius 2 is 1.56 bits per heavy atom. The molecule has 4 heterocycles. The summed E-state index contributed by atoms with van der Waals surface area (Å²) in [6, 6.07) is 19.7. The van der Waals surface area contributed by atoms with Gasteiger partial charge in [-0.3, -0.25) is 9.69 Å². The zero-order chi connectivity index (χ0) is 23.6. The van der Waals surface area contributed by atoms with Crippen LogP contribution in [0, 0.1) is 5.92 Å². The molecule has 4 aliphatic rings. The number of piperidine rings is 4. The molecular weight excluding hydrogens is 424 g/mol. The quantitative estimate of drug-likeness (QED) is 0.348. The van der Waals surface area contributed by atoms with E-state index in [2.05, 4.69) is 17.0 Å². The van der Waals surface area contributed by atoms with Crippen LogP contribution in [0.4, 0.5) is 0 Å². The van der Waals surface area contributed by atoms with E-state index in [0.29, 0.717) is 12.5 Å². The Balaban J connectivity index is 1.34. The number of hydrogen-bond donors (Lipinski definition) is 0. The Kier molecular flexibility index (Phi) is 6.59. The van der Waals surface area contributed by atoms with Gasteiger partial charge in [-0.2, -0.15) is 0 Å². The molecule has 2 aromatic rings. The van der Waals surface area contributed by atoms with E-state index in [1.807, 2.05) is 55.5 Å². The van der Waals surface area contributed by atoms with Gasteiger partial charge >= 0.3 is 5.97 Å². The number of carbonyl (C=O) groups excluding carboxylic acids is 2. The summed E-state index contributed by atoms with van der Waals surface area (Å²) in [5.74, 6) is 0.456. The molecule has 0 spiro atoms. The van der Waals surface area contributed by atoms with Crippen molar-refractivity contribution in [2.45, 2.75) is 50.7 Å². The molecule has 5 nitrogen and oxygen atoms in total. The number of ether oxygens (including phenoxy) is 1. The largest absolute Gasteiger partial charge is 0.454 e. The number of Topliss-reactive ketones (excluding diaryl/α,β-unsaturated/α-hetero) is 1. The Morgan fingerprint density at radius 1 is 0.941 bits per heavy atom. The summed E-state index contributed by atoms with van der Waals surface area (Å²) in [7, 11) is 0. The van der Waals surface area contributed by atoms with Gasteiger partial charge in [-0.1, -0.05) is 67.1 Å². The highest BCUT2D eigenvalue weighted by atomic mass is 16.5. The van der Waals surface area contributed by atoms with Gasteiger partial charge in [0, 0.05) is 24.3 Å². The lowest BCUT2D eigenvalue weighted by Crippen LogP contribution is -2.66. The summed E-state index contributed by atoms with van der Waals surface area (Å²) in [6.07, 6.45) is 5.37. The van der Waals surface area contributed by atoms with Gasteiger partial charge in [-0.25, -0.2) is 4.79 Å². The van der Waals surface area contributed by atoms with E-state index in [4.69, 9.17) is 4.74 Å². The van der Waals surface area contributed by atoms with Crippen molar-refractivity contribution in [1.29, 1.82) is 0 Å². The smallest absolute Gasteiger partial charge is 0.331 e. The van der Waals surface area contributed by atoms with E-state index in [0.717, 1.165) is 74.0 Å². The maximum Gasteiger partial charge on any atom is 0.331 e. The van der Waals surface area contributed by atoms with Crippen LogP contribution in [-0.4, -0.2) is 66.5 Å². The summed E-state index contributed by atoms with van der Waals surface area (Å²) < 4.78 is 7.15. The maximum atomic E-state index is 13.9. The van der Waals surface area contributed by atoms with E-state index < -0.39 is 5.54 Å². The molecule has 4 saturated heterocycles. The zero-order valence-electron chi connectivity index (χ0n) is 20.3. The first-order valence-electron chi connectivity index (χ1n) is 13.0. The second kappa shape index (κ2) is 9.63. The molecule has 0 saturated carbocycles. The zero-order valence-corrected chi connectivity index (χ0v) is 20.3. The molecular formula is C29H37N2O3+. The molecule has 2 atom stereocenters. The molecule has 0 amide bonds. The first kappa shape index (κ1) is 23.3. The van der Waals surface area contributed by atoms with Crippen molar-refractivity contribution in [3.8, 4) is 0 Å². The monoisotopic (exact) mass is 461 g/mol. The van der Waals surface area contributed by atoms with Gasteiger partial charge < -0.3 is 9.22 Å². The van der Waals surface area contributed by atoms with Crippen molar-refractivity contribution in [2.75, 3.05) is 39.3 Å². The third kappa shape index (κ3) is 4.44. The summed E-state index contributed by atoms with van der Waals surface area (Å²) in [4.78, 5) is 29.3. The van der Waals surface area contributed by atoms with E-state index in [-0.39, 0.29) is 17.9 Å². The number of quaternary nitrogens is 1. The summed E-state index contributed by atoms with van der Waals surface area (Å²) in [5, 5.41) is 0. The van der Waals surface area contributed by atoms with Gasteiger partial charge in [0.15, 0.2) is 6.10 Å². The van der Waals surface area contributed by atoms with Crippen molar-refractivity contribution in [3.05, 3.63) is 71.8 Å². The molecule has 6 rings (SSSR count). The first-order valence-corrected chi connectivity index (χ1v) is 13.0. The Labute approximate surface area is 203 Å². The van der Waals surface area contributed by atoms with Crippen LogP contribution < -0.4 is 0 Å². The number of ketones is 1. The summed E-state index contributed by atoms with van der Waals surface area (Å²) >= 11 is 0. The molecule has 0 unspecified atom stereocenters. The molecule has 0 aliphatic carbocycles. The first-order chi connectivity index (χ1) is 16.5. The third-order valence-electron chi connectivity index (χ3n) is 8.60. The third-order valence-corrected chi connectivity index (χ3v) is 8.60. The van der Waals surface area contributed by atoms with Crippen molar-refractivity contribution in [3.63, 3.8) is 0 Å². The Hall–Kier alpha value is -2.50. The minimum absolute atomic E-state index is 0.119. The van der Waals surface area contributed by atoms with E-state index in [1.165, 1.54) is 6.42 Å². The van der Waals surface area contributed by atoms with Crippen LogP contribution in [0.1, 0.15) is 54.9 Å². The fourth-order valence-corrected chi connectivity index (χ4v) is 6.38. The van der Waals surface area contributed by atoms with E-state index in [9.17, 15) is 9.59 Å². The topological polar surface area (TPSA) is 46.6 Å². The predicted molar refractivity (Wildman–Crippen MR) is 132 cm³/mol. The molecule has 0 radical (unpaired) electrons. The molecule has 4 fully saturated rings. The number of nitrogens with zero attached hydrogens (tertiary/aromatic N) is 2. The number of carbonyl (C=O) groups is 2. The minimum atomic E-state index is -0.779. The standard InChI is InChI=1S/C29H37N2O3/c1-29(25-13-7-3-8-14-25,30-17-9-4-10-18-30)28(33)34-27-22-31(19-15-24(27)16-20-31)21-26(32)23-11-5-2-6-12-23/h2-3,5-8,11-14,24,27H,4,9-10,15-22H2,1H3/q+1/t24?,27-,29+,31?/m1/s1. The maximum absolute atomic E-state index is 13.9. The van der Waals surface area contributed by atoms with Crippen LogP contribution in [0.5, 0.6) is 0 Å². The lowest BCUT2D eigenvalue weighted by Gasteiger charge is -2.52. The second-order valence-corrected chi connectivity index (χ2v) is 10.7. The highest BCUT2D eigenvalue weighted by molar-refractivity contribution is 5.97.